The first kappa shape index (κ1) is 14.1. The zero-order valence-electron chi connectivity index (χ0n) is 12.8. The lowest BCUT2D eigenvalue weighted by atomic mass is 9.78. The van der Waals surface area contributed by atoms with Crippen molar-refractivity contribution in [3.63, 3.8) is 0 Å². The van der Waals surface area contributed by atoms with Gasteiger partial charge in [-0.1, -0.05) is 0 Å². The number of aromatic nitrogens is 2. The fourth-order valence-electron chi connectivity index (χ4n) is 3.30. The van der Waals surface area contributed by atoms with Gasteiger partial charge in [-0.3, -0.25) is 4.68 Å². The van der Waals surface area contributed by atoms with Crippen LogP contribution in [0.25, 0.3) is 0 Å². The van der Waals surface area contributed by atoms with Crippen molar-refractivity contribution in [1.82, 2.24) is 15.1 Å². The molecule has 1 saturated carbocycles. The van der Waals surface area contributed by atoms with Gasteiger partial charge in [0.2, 0.25) is 0 Å². The highest BCUT2D eigenvalue weighted by Gasteiger charge is 2.36. The fourth-order valence-corrected chi connectivity index (χ4v) is 3.30. The van der Waals surface area contributed by atoms with Crippen molar-refractivity contribution in [3.8, 4) is 0 Å². The average Bonchev–Trinajstić information content (AvgIpc) is 3.22. The molecular formula is C16H27N3O. The topological polar surface area (TPSA) is 39.1 Å². The Kier molecular flexibility index (Phi) is 4.13. The van der Waals surface area contributed by atoms with Crippen molar-refractivity contribution in [2.75, 3.05) is 19.8 Å². The molecule has 1 atom stereocenters. The third-order valence-corrected chi connectivity index (χ3v) is 4.59. The van der Waals surface area contributed by atoms with E-state index >= 15 is 0 Å². The highest BCUT2D eigenvalue weighted by Crippen LogP contribution is 2.33. The van der Waals surface area contributed by atoms with E-state index in [1.807, 2.05) is 0 Å². The van der Waals surface area contributed by atoms with Crippen LogP contribution >= 0.6 is 0 Å². The third kappa shape index (κ3) is 3.23. The lowest BCUT2D eigenvalue weighted by Gasteiger charge is -2.37. The van der Waals surface area contributed by atoms with Gasteiger partial charge in [-0.2, -0.15) is 5.10 Å². The van der Waals surface area contributed by atoms with Crippen molar-refractivity contribution >= 4 is 0 Å². The molecule has 4 nitrogen and oxygen atoms in total. The van der Waals surface area contributed by atoms with Gasteiger partial charge in [0.25, 0.3) is 0 Å². The van der Waals surface area contributed by atoms with Crippen molar-refractivity contribution < 1.29 is 4.74 Å². The van der Waals surface area contributed by atoms with Crippen LogP contribution in [0.15, 0.2) is 6.07 Å². The molecule has 1 aliphatic carbocycles. The minimum absolute atomic E-state index is 0.264. The van der Waals surface area contributed by atoms with Gasteiger partial charge in [0, 0.05) is 36.8 Å². The van der Waals surface area contributed by atoms with E-state index in [1.165, 1.54) is 31.4 Å². The fraction of sp³-hybridized carbons (Fsp3) is 0.812. The second-order valence-electron chi connectivity index (χ2n) is 6.58. The summed E-state index contributed by atoms with van der Waals surface area (Å²) in [5.41, 5.74) is 2.76. The third-order valence-electron chi connectivity index (χ3n) is 4.59. The van der Waals surface area contributed by atoms with Crippen LogP contribution in [0, 0.1) is 12.3 Å². The van der Waals surface area contributed by atoms with Crippen molar-refractivity contribution in [2.45, 2.75) is 58.5 Å². The van der Waals surface area contributed by atoms with Crippen LogP contribution in [0.3, 0.4) is 0 Å². The Hall–Kier alpha value is -0.870. The molecule has 112 valence electrons. The highest BCUT2D eigenvalue weighted by atomic mass is 16.5. The predicted octanol–water partition coefficient (Wildman–Crippen LogP) is 2.30. The second kappa shape index (κ2) is 5.86. The molecule has 2 heterocycles. The van der Waals surface area contributed by atoms with Gasteiger partial charge in [-0.05, 0) is 52.0 Å². The first-order valence-corrected chi connectivity index (χ1v) is 8.05. The van der Waals surface area contributed by atoms with E-state index in [0.29, 0.717) is 0 Å². The second-order valence-corrected chi connectivity index (χ2v) is 6.58. The van der Waals surface area contributed by atoms with Gasteiger partial charge < -0.3 is 10.1 Å². The zero-order chi connectivity index (χ0) is 14.0. The van der Waals surface area contributed by atoms with Crippen LogP contribution in [-0.4, -0.2) is 35.6 Å². The summed E-state index contributed by atoms with van der Waals surface area (Å²) < 4.78 is 7.98. The molecule has 0 aromatic carbocycles. The van der Waals surface area contributed by atoms with E-state index < -0.39 is 0 Å². The number of nitrogens with one attached hydrogen (secondary N) is 1. The molecule has 1 unspecified atom stereocenters. The molecule has 1 N–H and O–H groups in total. The molecule has 0 amide bonds. The summed E-state index contributed by atoms with van der Waals surface area (Å²) in [5, 5.41) is 8.31. The van der Waals surface area contributed by atoms with Gasteiger partial charge >= 0.3 is 0 Å². The van der Waals surface area contributed by atoms with Crippen LogP contribution in [-0.2, 0) is 17.7 Å². The first-order valence-electron chi connectivity index (χ1n) is 8.05. The number of hydrogen-bond acceptors (Lipinski definition) is 3. The summed E-state index contributed by atoms with van der Waals surface area (Å²) >= 11 is 0. The number of rotatable bonds is 6. The molecule has 0 bridgehead atoms. The van der Waals surface area contributed by atoms with Gasteiger partial charge in [0.1, 0.15) is 0 Å². The molecule has 3 rings (SSSR count). The molecule has 0 spiro atoms. The molecule has 0 radical (unpaired) electrons. The van der Waals surface area contributed by atoms with Gasteiger partial charge in [-0.15, -0.1) is 0 Å². The Balaban J connectivity index is 1.73. The van der Waals surface area contributed by atoms with Crippen LogP contribution in [0.5, 0.6) is 0 Å². The highest BCUT2D eigenvalue weighted by molar-refractivity contribution is 5.12. The molecule has 1 aromatic heterocycles. The maximum Gasteiger partial charge on any atom is 0.0596 e. The average molecular weight is 277 g/mol. The van der Waals surface area contributed by atoms with Crippen LogP contribution in [0.1, 0.15) is 44.0 Å². The van der Waals surface area contributed by atoms with Gasteiger partial charge in [0.05, 0.1) is 12.3 Å². The Morgan fingerprint density at radius 3 is 3.00 bits per heavy atom. The Morgan fingerprint density at radius 1 is 1.50 bits per heavy atom. The van der Waals surface area contributed by atoms with E-state index in [0.717, 1.165) is 44.5 Å². The molecule has 20 heavy (non-hydrogen) atoms. The molecule has 1 aromatic rings. The van der Waals surface area contributed by atoms with Crippen LogP contribution < -0.4 is 5.32 Å². The quantitative estimate of drug-likeness (QED) is 0.867. The molecular weight excluding hydrogens is 250 g/mol. The van der Waals surface area contributed by atoms with Crippen molar-refractivity contribution in [3.05, 3.63) is 17.5 Å². The summed E-state index contributed by atoms with van der Waals surface area (Å²) in [5.74, 6) is 0. The van der Waals surface area contributed by atoms with E-state index in [2.05, 4.69) is 35.0 Å². The molecule has 4 heteroatoms. The summed E-state index contributed by atoms with van der Waals surface area (Å²) in [6, 6.07) is 3.02. The van der Waals surface area contributed by atoms with Crippen LogP contribution in [0.4, 0.5) is 0 Å². The summed E-state index contributed by atoms with van der Waals surface area (Å²) in [4.78, 5) is 0. The van der Waals surface area contributed by atoms with Gasteiger partial charge in [0.15, 0.2) is 0 Å². The number of ether oxygens (including phenoxy) is 1. The summed E-state index contributed by atoms with van der Waals surface area (Å²) in [6.45, 7) is 8.12. The SMILES string of the molecule is CCn1nc(C)cc1CC1(CNC2CC2)CCCOC1. The largest absolute Gasteiger partial charge is 0.381 e. The lowest BCUT2D eigenvalue weighted by Crippen LogP contribution is -2.43. The Labute approximate surface area is 121 Å². The molecule has 2 aliphatic rings. The van der Waals surface area contributed by atoms with Crippen molar-refractivity contribution in [2.24, 2.45) is 5.41 Å². The first-order chi connectivity index (χ1) is 9.71. The maximum atomic E-state index is 5.82. The van der Waals surface area contributed by atoms with E-state index in [1.54, 1.807) is 0 Å². The van der Waals surface area contributed by atoms with Crippen molar-refractivity contribution in [1.29, 1.82) is 0 Å². The molecule has 2 fully saturated rings. The van der Waals surface area contributed by atoms with Crippen LogP contribution in [0.2, 0.25) is 0 Å². The minimum Gasteiger partial charge on any atom is -0.381 e. The minimum atomic E-state index is 0.264. The monoisotopic (exact) mass is 277 g/mol. The van der Waals surface area contributed by atoms with E-state index in [-0.39, 0.29) is 5.41 Å². The van der Waals surface area contributed by atoms with Gasteiger partial charge in [-0.25, -0.2) is 0 Å². The standard InChI is InChI=1S/C16H27N3O/c1-3-19-15(9-13(2)18-19)10-16(7-4-8-20-12-16)11-17-14-5-6-14/h9,14,17H,3-8,10-12H2,1-2H3. The Morgan fingerprint density at radius 2 is 2.35 bits per heavy atom. The summed E-state index contributed by atoms with van der Waals surface area (Å²) in [7, 11) is 0. The number of hydrogen-bond donors (Lipinski definition) is 1. The maximum absolute atomic E-state index is 5.82. The van der Waals surface area contributed by atoms with E-state index in [9.17, 15) is 0 Å². The normalized spacial score (nSPS) is 26.9. The lowest BCUT2D eigenvalue weighted by molar-refractivity contribution is -0.00833. The smallest absolute Gasteiger partial charge is 0.0596 e. The zero-order valence-corrected chi connectivity index (χ0v) is 12.8. The van der Waals surface area contributed by atoms with E-state index in [4.69, 9.17) is 4.74 Å². The summed E-state index contributed by atoms with van der Waals surface area (Å²) in [6.07, 6.45) is 6.24. The number of aryl methyl sites for hydroxylation is 2. The molecule has 1 saturated heterocycles. The Bertz CT molecular complexity index is 445. The molecule has 1 aliphatic heterocycles. The predicted molar refractivity (Wildman–Crippen MR) is 79.9 cm³/mol. The number of nitrogens with zero attached hydrogens (tertiary/aromatic N) is 2.